The number of halogens is 1. The second kappa shape index (κ2) is 8.96. The Balaban J connectivity index is 1.34. The van der Waals surface area contributed by atoms with E-state index in [1.165, 1.54) is 12.1 Å². The van der Waals surface area contributed by atoms with Gasteiger partial charge in [0.05, 0.1) is 12.1 Å². The second-order valence-electron chi connectivity index (χ2n) is 9.03. The summed E-state index contributed by atoms with van der Waals surface area (Å²) in [5.74, 6) is 2.01. The fraction of sp³-hybridized carbons (Fsp3) is 0.179. The van der Waals surface area contributed by atoms with Crippen LogP contribution in [0.3, 0.4) is 0 Å². The number of hydrogen-bond donors (Lipinski definition) is 2. The lowest BCUT2D eigenvalue weighted by molar-refractivity contribution is 0.331. The topological polar surface area (TPSA) is 92.9 Å². The molecule has 0 aliphatic carbocycles. The van der Waals surface area contributed by atoms with Gasteiger partial charge in [0.25, 0.3) is 0 Å². The molecule has 6 rings (SSSR count). The summed E-state index contributed by atoms with van der Waals surface area (Å²) >= 11 is 0. The van der Waals surface area contributed by atoms with Crippen LogP contribution < -0.4 is 15.4 Å². The minimum Gasteiger partial charge on any atom is -0.491 e. The normalized spacial score (nSPS) is 13.3. The largest absolute Gasteiger partial charge is 0.491 e. The van der Waals surface area contributed by atoms with Crippen molar-refractivity contribution in [2.24, 2.45) is 0 Å². The quantitative estimate of drug-likeness (QED) is 0.374. The molecule has 7 nitrogen and oxygen atoms in total. The van der Waals surface area contributed by atoms with Crippen molar-refractivity contribution in [3.05, 3.63) is 95.2 Å². The van der Waals surface area contributed by atoms with Gasteiger partial charge in [0.2, 0.25) is 0 Å². The van der Waals surface area contributed by atoms with Crippen molar-refractivity contribution in [1.29, 1.82) is 0 Å². The summed E-state index contributed by atoms with van der Waals surface area (Å²) in [7, 11) is 0. The van der Waals surface area contributed by atoms with E-state index in [0.29, 0.717) is 31.9 Å². The van der Waals surface area contributed by atoms with E-state index in [-0.39, 0.29) is 5.82 Å². The fourth-order valence-corrected chi connectivity index (χ4v) is 4.75. The predicted molar refractivity (Wildman–Crippen MR) is 138 cm³/mol. The van der Waals surface area contributed by atoms with Crippen LogP contribution in [0, 0.1) is 12.7 Å². The first-order valence-electron chi connectivity index (χ1n) is 11.8. The highest BCUT2D eigenvalue weighted by Gasteiger charge is 2.21. The van der Waals surface area contributed by atoms with Gasteiger partial charge in [0.1, 0.15) is 30.3 Å². The number of benzene rings is 3. The third-order valence-electron chi connectivity index (χ3n) is 6.70. The van der Waals surface area contributed by atoms with Gasteiger partial charge in [0.15, 0.2) is 5.82 Å². The monoisotopic (exact) mass is 480 g/mol. The van der Waals surface area contributed by atoms with Gasteiger partial charge in [-0.25, -0.2) is 14.4 Å². The summed E-state index contributed by atoms with van der Waals surface area (Å²) in [5, 5.41) is 8.00. The fourth-order valence-electron chi connectivity index (χ4n) is 4.75. The van der Waals surface area contributed by atoms with Gasteiger partial charge >= 0.3 is 0 Å². The van der Waals surface area contributed by atoms with Crippen molar-refractivity contribution in [3.8, 4) is 16.9 Å². The van der Waals surface area contributed by atoms with Gasteiger partial charge in [-0.2, -0.15) is 5.10 Å². The molecule has 0 unspecified atom stereocenters. The first-order valence-corrected chi connectivity index (χ1v) is 11.8. The maximum atomic E-state index is 13.4. The Morgan fingerprint density at radius 3 is 2.69 bits per heavy atom. The number of fused-ring (bicyclic) bond motifs is 2. The molecule has 2 aromatic heterocycles. The molecule has 3 heterocycles. The number of anilines is 2. The van der Waals surface area contributed by atoms with Crippen molar-refractivity contribution in [3.63, 3.8) is 0 Å². The lowest BCUT2D eigenvalue weighted by atomic mass is 10.0. The van der Waals surface area contributed by atoms with Crippen LogP contribution in [0.15, 0.2) is 67.0 Å². The first kappa shape index (κ1) is 22.0. The Morgan fingerprint density at radius 1 is 1.03 bits per heavy atom. The molecular weight excluding hydrogens is 455 g/mol. The van der Waals surface area contributed by atoms with E-state index in [2.05, 4.69) is 49.3 Å². The van der Waals surface area contributed by atoms with Crippen LogP contribution in [-0.2, 0) is 13.0 Å². The smallest absolute Gasteiger partial charge is 0.153 e. The molecule has 36 heavy (non-hydrogen) atoms. The SMILES string of the molecule is Cc1ncnc(N2CCOc3ccc(-c4ccc5c(N)n[nH]c5c4)cc3C2)c1Cc1ccc(F)cc1. The van der Waals surface area contributed by atoms with Crippen LogP contribution in [-0.4, -0.2) is 33.3 Å². The summed E-state index contributed by atoms with van der Waals surface area (Å²) in [6.07, 6.45) is 2.23. The van der Waals surface area contributed by atoms with Gasteiger partial charge in [-0.15, -0.1) is 0 Å². The van der Waals surface area contributed by atoms with Crippen molar-refractivity contribution >= 4 is 22.5 Å². The van der Waals surface area contributed by atoms with Gasteiger partial charge < -0.3 is 15.4 Å². The third-order valence-corrected chi connectivity index (χ3v) is 6.70. The highest BCUT2D eigenvalue weighted by atomic mass is 19.1. The molecule has 0 amide bonds. The summed E-state index contributed by atoms with van der Waals surface area (Å²) < 4.78 is 19.5. The summed E-state index contributed by atoms with van der Waals surface area (Å²) in [4.78, 5) is 11.3. The average Bonchev–Trinajstić information content (AvgIpc) is 3.13. The molecule has 3 N–H and O–H groups in total. The van der Waals surface area contributed by atoms with Crippen LogP contribution in [0.1, 0.15) is 22.4 Å². The van der Waals surface area contributed by atoms with Crippen molar-refractivity contribution < 1.29 is 9.13 Å². The zero-order valence-corrected chi connectivity index (χ0v) is 19.8. The predicted octanol–water partition coefficient (Wildman–Crippen LogP) is 5.04. The van der Waals surface area contributed by atoms with Gasteiger partial charge in [-0.05, 0) is 60.0 Å². The second-order valence-corrected chi connectivity index (χ2v) is 9.03. The van der Waals surface area contributed by atoms with Crippen molar-refractivity contribution in [2.75, 3.05) is 23.8 Å². The molecule has 0 saturated carbocycles. The van der Waals surface area contributed by atoms with Crippen molar-refractivity contribution in [1.82, 2.24) is 20.2 Å². The molecule has 8 heteroatoms. The first-order chi connectivity index (χ1) is 17.5. The molecule has 1 aliphatic heterocycles. The number of aromatic nitrogens is 4. The Morgan fingerprint density at radius 2 is 1.83 bits per heavy atom. The number of nitrogens with zero attached hydrogens (tertiary/aromatic N) is 4. The number of nitrogen functional groups attached to an aromatic ring is 1. The summed E-state index contributed by atoms with van der Waals surface area (Å²) in [5.41, 5.74) is 13.0. The molecule has 0 saturated heterocycles. The molecule has 0 spiro atoms. The maximum absolute atomic E-state index is 13.4. The molecule has 0 bridgehead atoms. The number of aromatic amines is 1. The molecule has 0 atom stereocenters. The Bertz CT molecular complexity index is 1560. The van der Waals surface area contributed by atoms with Gasteiger partial charge in [0, 0.05) is 35.2 Å². The molecule has 5 aromatic rings. The number of nitrogens with two attached hydrogens (primary N) is 1. The van der Waals surface area contributed by atoms with E-state index in [4.69, 9.17) is 10.5 Å². The lowest BCUT2D eigenvalue weighted by Crippen LogP contribution is -2.28. The van der Waals surface area contributed by atoms with Crippen LogP contribution in [0.2, 0.25) is 0 Å². The minimum atomic E-state index is -0.243. The lowest BCUT2D eigenvalue weighted by Gasteiger charge is -2.24. The van der Waals surface area contributed by atoms with E-state index >= 15 is 0 Å². The Labute approximate surface area is 207 Å². The molecule has 0 fully saturated rings. The minimum absolute atomic E-state index is 0.243. The summed E-state index contributed by atoms with van der Waals surface area (Å²) in [6, 6.07) is 19.0. The summed E-state index contributed by atoms with van der Waals surface area (Å²) in [6.45, 7) is 3.87. The number of ether oxygens (including phenoxy) is 1. The Hall–Kier alpha value is -4.46. The van der Waals surface area contributed by atoms with E-state index in [1.807, 2.05) is 31.2 Å². The van der Waals surface area contributed by atoms with Crippen LogP contribution in [0.25, 0.3) is 22.0 Å². The van der Waals surface area contributed by atoms with Crippen LogP contribution in [0.4, 0.5) is 16.0 Å². The standard InChI is InChI=1S/C28H25FN6O/c1-17-24(12-18-2-6-22(29)7-3-18)28(32-16-31-17)35-10-11-36-26-9-5-19(13-21(26)15-35)20-4-8-23-25(14-20)33-34-27(23)30/h2-9,13-14,16H,10-12,15H2,1H3,(H3,30,33,34). The number of nitrogens with one attached hydrogen (secondary N) is 1. The molecular formula is C28H25FN6O. The zero-order valence-electron chi connectivity index (χ0n) is 19.8. The van der Waals surface area contributed by atoms with Crippen LogP contribution in [0.5, 0.6) is 5.75 Å². The number of rotatable bonds is 4. The maximum Gasteiger partial charge on any atom is 0.153 e. The molecule has 180 valence electrons. The third kappa shape index (κ3) is 4.11. The Kier molecular flexibility index (Phi) is 5.48. The van der Waals surface area contributed by atoms with Gasteiger partial charge in [-0.3, -0.25) is 5.10 Å². The van der Waals surface area contributed by atoms with Crippen LogP contribution >= 0.6 is 0 Å². The number of hydrogen-bond acceptors (Lipinski definition) is 6. The van der Waals surface area contributed by atoms with E-state index in [0.717, 1.165) is 56.0 Å². The molecule has 0 radical (unpaired) electrons. The molecule has 1 aliphatic rings. The highest BCUT2D eigenvalue weighted by Crippen LogP contribution is 2.33. The zero-order chi connectivity index (χ0) is 24.6. The number of aryl methyl sites for hydroxylation is 1. The van der Waals surface area contributed by atoms with Gasteiger partial charge in [-0.1, -0.05) is 24.3 Å². The average molecular weight is 481 g/mol. The molecule has 3 aromatic carbocycles. The van der Waals surface area contributed by atoms with Crippen molar-refractivity contribution in [2.45, 2.75) is 19.9 Å². The highest BCUT2D eigenvalue weighted by molar-refractivity contribution is 5.91. The van der Waals surface area contributed by atoms with E-state index < -0.39 is 0 Å². The van der Waals surface area contributed by atoms with E-state index in [1.54, 1.807) is 6.33 Å². The number of H-pyrrole nitrogens is 1. The van der Waals surface area contributed by atoms with E-state index in [9.17, 15) is 4.39 Å².